The summed E-state index contributed by atoms with van der Waals surface area (Å²) in [5, 5.41) is 4.00. The fraction of sp³-hybridized carbons (Fsp3) is 0.462. The summed E-state index contributed by atoms with van der Waals surface area (Å²) in [5.74, 6) is -0.532. The van der Waals surface area contributed by atoms with Gasteiger partial charge >= 0.3 is 0 Å². The van der Waals surface area contributed by atoms with E-state index in [4.69, 9.17) is 39.5 Å². The van der Waals surface area contributed by atoms with Crippen molar-refractivity contribution in [3.8, 4) is 5.75 Å². The predicted octanol–water partition coefficient (Wildman–Crippen LogP) is 5.29. The van der Waals surface area contributed by atoms with E-state index in [0.717, 1.165) is 42.7 Å². The highest BCUT2D eigenvalue weighted by Crippen LogP contribution is 2.31. The fourth-order valence-electron chi connectivity index (χ4n) is 4.41. The van der Waals surface area contributed by atoms with E-state index in [2.05, 4.69) is 5.32 Å². The molecule has 1 N–H and O–H groups in total. The molecule has 0 heterocycles. The number of carbonyl (C=O) groups excluding carboxylic acids is 2. The maximum Gasteiger partial charge on any atom is 0.244 e. The lowest BCUT2D eigenvalue weighted by molar-refractivity contribution is -0.139. The highest BCUT2D eigenvalue weighted by molar-refractivity contribution is 7.92. The number of hydrogen-bond donors (Lipinski definition) is 1. The lowest BCUT2D eigenvalue weighted by atomic mass is 9.95. The molecule has 208 valence electrons. The second-order valence-corrected chi connectivity index (χ2v) is 12.5. The third-order valence-corrected chi connectivity index (χ3v) is 8.60. The van der Waals surface area contributed by atoms with Crippen LogP contribution >= 0.6 is 34.8 Å². The van der Waals surface area contributed by atoms with Crippen LogP contribution in [0.5, 0.6) is 5.75 Å². The van der Waals surface area contributed by atoms with Gasteiger partial charge in [-0.25, -0.2) is 8.42 Å². The van der Waals surface area contributed by atoms with Crippen molar-refractivity contribution in [3.63, 3.8) is 0 Å². The van der Waals surface area contributed by atoms with Crippen LogP contribution in [0, 0.1) is 0 Å². The Kier molecular flexibility index (Phi) is 10.6. The van der Waals surface area contributed by atoms with Crippen LogP contribution in [0.25, 0.3) is 0 Å². The van der Waals surface area contributed by atoms with Gasteiger partial charge in [-0.05, 0) is 55.7 Å². The number of methoxy groups -OCH3 is 1. The van der Waals surface area contributed by atoms with Crippen LogP contribution in [0.15, 0.2) is 36.4 Å². The molecule has 8 nitrogen and oxygen atoms in total. The van der Waals surface area contributed by atoms with Crippen LogP contribution < -0.4 is 14.4 Å². The number of nitrogens with zero attached hydrogens (tertiary/aromatic N) is 2. The summed E-state index contributed by atoms with van der Waals surface area (Å²) in [7, 11) is -2.45. The van der Waals surface area contributed by atoms with Crippen molar-refractivity contribution in [1.82, 2.24) is 10.2 Å². The summed E-state index contributed by atoms with van der Waals surface area (Å²) >= 11 is 18.6. The van der Waals surface area contributed by atoms with Crippen molar-refractivity contribution in [2.75, 3.05) is 24.2 Å². The SMILES string of the molecule is COc1ccc(N(CC(=O)N(Cc2ccc(Cl)cc2Cl)[C@H](C)C(=O)NC2CCCCC2)S(C)(=O)=O)cc1Cl. The minimum Gasteiger partial charge on any atom is -0.495 e. The molecule has 2 aromatic carbocycles. The lowest BCUT2D eigenvalue weighted by Gasteiger charge is -2.33. The van der Waals surface area contributed by atoms with Gasteiger partial charge in [0, 0.05) is 22.6 Å². The average Bonchev–Trinajstić information content (AvgIpc) is 2.86. The van der Waals surface area contributed by atoms with Crippen LogP contribution in [0.2, 0.25) is 15.1 Å². The molecule has 2 amide bonds. The highest BCUT2D eigenvalue weighted by atomic mass is 35.5. The maximum absolute atomic E-state index is 13.7. The molecule has 3 rings (SSSR count). The Morgan fingerprint density at radius 1 is 1.05 bits per heavy atom. The van der Waals surface area contributed by atoms with Gasteiger partial charge in [0.05, 0.1) is 24.1 Å². The van der Waals surface area contributed by atoms with E-state index < -0.39 is 28.5 Å². The standard InChI is InChI=1S/C26H32Cl3N3O5S/c1-17(26(34)30-20-7-5-4-6-8-20)31(15-18-9-10-19(27)13-22(18)28)25(33)16-32(38(3,35)36)21-11-12-24(37-2)23(29)14-21/h9-14,17,20H,4-8,15-16H2,1-3H3,(H,30,34)/t17-/m1/s1. The summed E-state index contributed by atoms with van der Waals surface area (Å²) in [5.41, 5.74) is 0.760. The molecule has 1 atom stereocenters. The van der Waals surface area contributed by atoms with Crippen molar-refractivity contribution < 1.29 is 22.7 Å². The summed E-state index contributed by atoms with van der Waals surface area (Å²) < 4.78 is 31.6. The van der Waals surface area contributed by atoms with Crippen LogP contribution in [-0.4, -0.2) is 57.1 Å². The van der Waals surface area contributed by atoms with E-state index in [-0.39, 0.29) is 29.2 Å². The molecule has 1 saturated carbocycles. The zero-order valence-electron chi connectivity index (χ0n) is 21.5. The van der Waals surface area contributed by atoms with Gasteiger partial charge in [-0.3, -0.25) is 13.9 Å². The van der Waals surface area contributed by atoms with Gasteiger partial charge < -0.3 is 15.0 Å². The van der Waals surface area contributed by atoms with Gasteiger partial charge in [-0.2, -0.15) is 0 Å². The zero-order valence-corrected chi connectivity index (χ0v) is 24.6. The van der Waals surface area contributed by atoms with Crippen LogP contribution in [0.3, 0.4) is 0 Å². The topological polar surface area (TPSA) is 96.0 Å². The van der Waals surface area contributed by atoms with Gasteiger partial charge in [-0.15, -0.1) is 0 Å². The first-order valence-corrected chi connectivity index (χ1v) is 15.2. The average molecular weight is 605 g/mol. The first-order valence-electron chi connectivity index (χ1n) is 12.3. The summed E-state index contributed by atoms with van der Waals surface area (Å²) in [6, 6.07) is 8.45. The van der Waals surface area contributed by atoms with Gasteiger partial charge in [0.2, 0.25) is 21.8 Å². The van der Waals surface area contributed by atoms with Crippen molar-refractivity contribution in [2.45, 2.75) is 57.7 Å². The number of halogens is 3. The van der Waals surface area contributed by atoms with E-state index in [0.29, 0.717) is 21.4 Å². The normalized spacial score (nSPS) is 15.0. The highest BCUT2D eigenvalue weighted by Gasteiger charge is 2.31. The molecule has 1 aliphatic carbocycles. The first kappa shape index (κ1) is 30.3. The number of rotatable bonds is 10. The molecule has 2 aromatic rings. The minimum absolute atomic E-state index is 0.0188. The number of anilines is 1. The molecular formula is C26H32Cl3N3O5S. The van der Waals surface area contributed by atoms with Crippen LogP contribution in [0.4, 0.5) is 5.69 Å². The van der Waals surface area contributed by atoms with Crippen molar-refractivity contribution in [2.24, 2.45) is 0 Å². The third kappa shape index (κ3) is 7.91. The molecule has 0 unspecified atom stereocenters. The Morgan fingerprint density at radius 3 is 2.32 bits per heavy atom. The summed E-state index contributed by atoms with van der Waals surface area (Å²) in [6.07, 6.45) is 5.98. The Bertz CT molecular complexity index is 1270. The quantitative estimate of drug-likeness (QED) is 0.398. The molecule has 1 fully saturated rings. The van der Waals surface area contributed by atoms with E-state index in [1.807, 2.05) is 0 Å². The van der Waals surface area contributed by atoms with Gasteiger partial charge in [0.15, 0.2) is 0 Å². The third-order valence-electron chi connectivity index (χ3n) is 6.58. The maximum atomic E-state index is 13.7. The molecule has 0 aromatic heterocycles. The molecule has 0 spiro atoms. The number of hydrogen-bond acceptors (Lipinski definition) is 5. The molecular weight excluding hydrogens is 573 g/mol. The molecule has 12 heteroatoms. The number of amides is 2. The van der Waals surface area contributed by atoms with E-state index in [9.17, 15) is 18.0 Å². The summed E-state index contributed by atoms with van der Waals surface area (Å²) in [4.78, 5) is 28.3. The molecule has 0 bridgehead atoms. The molecule has 38 heavy (non-hydrogen) atoms. The largest absolute Gasteiger partial charge is 0.495 e. The Balaban J connectivity index is 1.91. The van der Waals surface area contributed by atoms with Crippen molar-refractivity contribution >= 4 is 62.3 Å². The Hall–Kier alpha value is -2.20. The van der Waals surface area contributed by atoms with Crippen LogP contribution in [-0.2, 0) is 26.2 Å². The number of carbonyl (C=O) groups is 2. The second-order valence-electron chi connectivity index (χ2n) is 9.37. The predicted molar refractivity (Wildman–Crippen MR) is 152 cm³/mol. The number of sulfonamides is 1. The monoisotopic (exact) mass is 603 g/mol. The Labute approximate surface area is 239 Å². The number of benzene rings is 2. The van der Waals surface area contributed by atoms with E-state index >= 15 is 0 Å². The molecule has 0 radical (unpaired) electrons. The van der Waals surface area contributed by atoms with E-state index in [1.165, 1.54) is 30.2 Å². The number of nitrogens with one attached hydrogen (secondary N) is 1. The van der Waals surface area contributed by atoms with E-state index in [1.54, 1.807) is 25.1 Å². The van der Waals surface area contributed by atoms with Gasteiger partial charge in [-0.1, -0.05) is 60.1 Å². The van der Waals surface area contributed by atoms with Gasteiger partial charge in [0.25, 0.3) is 0 Å². The molecule has 0 aliphatic heterocycles. The minimum atomic E-state index is -3.90. The zero-order chi connectivity index (χ0) is 28.0. The smallest absolute Gasteiger partial charge is 0.244 e. The lowest BCUT2D eigenvalue weighted by Crippen LogP contribution is -2.53. The molecule has 1 aliphatic rings. The fourth-order valence-corrected chi connectivity index (χ4v) is 5.97. The summed E-state index contributed by atoms with van der Waals surface area (Å²) in [6.45, 7) is 1.05. The van der Waals surface area contributed by atoms with Crippen molar-refractivity contribution in [3.05, 3.63) is 57.0 Å². The Morgan fingerprint density at radius 2 is 1.74 bits per heavy atom. The van der Waals surface area contributed by atoms with Crippen LogP contribution in [0.1, 0.15) is 44.6 Å². The molecule has 0 saturated heterocycles. The first-order chi connectivity index (χ1) is 17.9. The van der Waals surface area contributed by atoms with Crippen molar-refractivity contribution in [1.29, 1.82) is 0 Å². The number of ether oxygens (including phenoxy) is 1. The second kappa shape index (κ2) is 13.2. The van der Waals surface area contributed by atoms with Gasteiger partial charge in [0.1, 0.15) is 18.3 Å².